The fraction of sp³-hybridized carbons (Fsp3) is 0.500. The van der Waals surface area contributed by atoms with Gasteiger partial charge in [0.05, 0.1) is 12.7 Å². The fourth-order valence-electron chi connectivity index (χ4n) is 1.88. The zero-order valence-electron chi connectivity index (χ0n) is 10.6. The number of ether oxygens (including phenoxy) is 2. The van der Waals surface area contributed by atoms with E-state index in [1.165, 1.54) is 0 Å². The van der Waals surface area contributed by atoms with E-state index in [-0.39, 0.29) is 12.5 Å². The van der Waals surface area contributed by atoms with Gasteiger partial charge in [0.1, 0.15) is 12.1 Å². The van der Waals surface area contributed by atoms with Crippen LogP contribution in [0.15, 0.2) is 24.3 Å². The molecular weight excluding hydrogens is 228 g/mol. The molecule has 1 atom stereocenters. The number of hydrogen-bond donors (Lipinski definition) is 1. The maximum Gasteiger partial charge on any atom is 0.161 e. The lowest BCUT2D eigenvalue weighted by Crippen LogP contribution is -2.46. The van der Waals surface area contributed by atoms with Crippen LogP contribution in [0.4, 0.5) is 0 Å². The maximum absolute atomic E-state index is 9.16. The summed E-state index contributed by atoms with van der Waals surface area (Å²) in [5, 5.41) is 9.16. The molecule has 0 spiro atoms. The summed E-state index contributed by atoms with van der Waals surface area (Å²) in [5.41, 5.74) is 5.17. The van der Waals surface area contributed by atoms with Crippen molar-refractivity contribution in [1.29, 1.82) is 5.26 Å². The van der Waals surface area contributed by atoms with Crippen molar-refractivity contribution < 1.29 is 9.47 Å². The van der Waals surface area contributed by atoms with Gasteiger partial charge < -0.3 is 15.2 Å². The summed E-state index contributed by atoms with van der Waals surface area (Å²) in [4.78, 5) is 0. The largest absolute Gasteiger partial charge is 0.490 e. The van der Waals surface area contributed by atoms with Crippen molar-refractivity contribution in [1.82, 2.24) is 0 Å². The van der Waals surface area contributed by atoms with Gasteiger partial charge in [-0.3, -0.25) is 0 Å². The molecule has 2 rings (SSSR count). The molecule has 4 heteroatoms. The lowest BCUT2D eigenvalue weighted by molar-refractivity contribution is 0.222. The standard InChI is InChI=1S/C14H18N2O2/c1-2-17-12-5-3-4-6-13(12)18-10-14(16,9-15)11-7-8-11/h3-6,11H,2,7-8,10,16H2,1H3. The molecule has 0 aromatic heterocycles. The Morgan fingerprint density at radius 2 is 1.94 bits per heavy atom. The van der Waals surface area contributed by atoms with E-state index in [4.69, 9.17) is 20.5 Å². The molecule has 1 aliphatic rings. The SMILES string of the molecule is CCOc1ccccc1OCC(N)(C#N)C1CC1. The minimum absolute atomic E-state index is 0.207. The van der Waals surface area contributed by atoms with Gasteiger partial charge in [-0.05, 0) is 37.8 Å². The molecule has 1 aliphatic carbocycles. The van der Waals surface area contributed by atoms with E-state index in [9.17, 15) is 0 Å². The highest BCUT2D eigenvalue weighted by Gasteiger charge is 2.43. The second-order valence-electron chi connectivity index (χ2n) is 4.59. The van der Waals surface area contributed by atoms with Crippen LogP contribution >= 0.6 is 0 Å². The summed E-state index contributed by atoms with van der Waals surface area (Å²) < 4.78 is 11.1. The van der Waals surface area contributed by atoms with Crippen molar-refractivity contribution in [2.45, 2.75) is 25.3 Å². The molecule has 18 heavy (non-hydrogen) atoms. The molecule has 2 N–H and O–H groups in total. The summed E-state index contributed by atoms with van der Waals surface area (Å²) in [6.07, 6.45) is 2.03. The van der Waals surface area contributed by atoms with Crippen molar-refractivity contribution in [3.05, 3.63) is 24.3 Å². The van der Waals surface area contributed by atoms with Crippen LogP contribution in [-0.4, -0.2) is 18.8 Å². The van der Waals surface area contributed by atoms with Crippen molar-refractivity contribution in [3.63, 3.8) is 0 Å². The van der Waals surface area contributed by atoms with E-state index in [2.05, 4.69) is 6.07 Å². The Hall–Kier alpha value is -1.73. The Morgan fingerprint density at radius 3 is 2.44 bits per heavy atom. The summed E-state index contributed by atoms with van der Waals surface area (Å²) in [6.45, 7) is 2.71. The average Bonchev–Trinajstić information content (AvgIpc) is 3.22. The van der Waals surface area contributed by atoms with E-state index in [0.29, 0.717) is 18.1 Å². The Morgan fingerprint density at radius 1 is 1.33 bits per heavy atom. The topological polar surface area (TPSA) is 68.3 Å². The van der Waals surface area contributed by atoms with Gasteiger partial charge in [-0.25, -0.2) is 0 Å². The van der Waals surface area contributed by atoms with Crippen LogP contribution in [0.5, 0.6) is 11.5 Å². The number of rotatable bonds is 6. The molecule has 0 aliphatic heterocycles. The molecule has 1 aromatic rings. The molecule has 0 saturated heterocycles. The van der Waals surface area contributed by atoms with Gasteiger partial charge in [-0.2, -0.15) is 5.26 Å². The van der Waals surface area contributed by atoms with Crippen LogP contribution in [0, 0.1) is 17.2 Å². The summed E-state index contributed by atoms with van der Waals surface area (Å²) in [7, 11) is 0. The highest BCUT2D eigenvalue weighted by atomic mass is 16.5. The van der Waals surface area contributed by atoms with Gasteiger partial charge in [-0.1, -0.05) is 12.1 Å². The van der Waals surface area contributed by atoms with Gasteiger partial charge in [-0.15, -0.1) is 0 Å². The molecule has 1 aromatic carbocycles. The predicted molar refractivity (Wildman–Crippen MR) is 68.4 cm³/mol. The first-order chi connectivity index (χ1) is 8.69. The Balaban J connectivity index is 2.03. The first-order valence-corrected chi connectivity index (χ1v) is 6.24. The lowest BCUT2D eigenvalue weighted by Gasteiger charge is -2.22. The first kappa shape index (κ1) is 12.7. The number of hydrogen-bond acceptors (Lipinski definition) is 4. The van der Waals surface area contributed by atoms with E-state index >= 15 is 0 Å². The molecule has 1 fully saturated rings. The molecule has 4 nitrogen and oxygen atoms in total. The predicted octanol–water partition coefficient (Wildman–Crippen LogP) is 2.10. The van der Waals surface area contributed by atoms with Crippen LogP contribution in [0.3, 0.4) is 0 Å². The number of nitrogens with zero attached hydrogens (tertiary/aromatic N) is 1. The second-order valence-corrected chi connectivity index (χ2v) is 4.59. The van der Waals surface area contributed by atoms with Crippen molar-refractivity contribution in [2.75, 3.05) is 13.2 Å². The van der Waals surface area contributed by atoms with Crippen LogP contribution in [0.2, 0.25) is 0 Å². The molecule has 1 unspecified atom stereocenters. The highest BCUT2D eigenvalue weighted by molar-refractivity contribution is 5.39. The Bertz CT molecular complexity index is 451. The zero-order chi connectivity index (χ0) is 13.0. The van der Waals surface area contributed by atoms with Crippen LogP contribution in [0.25, 0.3) is 0 Å². The van der Waals surface area contributed by atoms with Crippen molar-refractivity contribution in [2.24, 2.45) is 11.7 Å². The maximum atomic E-state index is 9.16. The summed E-state index contributed by atoms with van der Waals surface area (Å²) >= 11 is 0. The number of nitrogens with two attached hydrogens (primary N) is 1. The quantitative estimate of drug-likeness (QED) is 0.834. The van der Waals surface area contributed by atoms with E-state index in [1.54, 1.807) is 0 Å². The zero-order valence-corrected chi connectivity index (χ0v) is 10.6. The third kappa shape index (κ3) is 2.74. The molecule has 0 amide bonds. The van der Waals surface area contributed by atoms with E-state index in [0.717, 1.165) is 12.8 Å². The monoisotopic (exact) mass is 246 g/mol. The van der Waals surface area contributed by atoms with Crippen LogP contribution in [0.1, 0.15) is 19.8 Å². The van der Waals surface area contributed by atoms with Crippen LogP contribution < -0.4 is 15.2 Å². The first-order valence-electron chi connectivity index (χ1n) is 6.24. The third-order valence-electron chi connectivity index (χ3n) is 3.13. The summed E-state index contributed by atoms with van der Waals surface area (Å²) in [5.74, 6) is 1.60. The second kappa shape index (κ2) is 5.28. The fourth-order valence-corrected chi connectivity index (χ4v) is 1.88. The van der Waals surface area contributed by atoms with Gasteiger partial charge in [0.25, 0.3) is 0 Å². The minimum atomic E-state index is -0.876. The molecule has 96 valence electrons. The van der Waals surface area contributed by atoms with Crippen molar-refractivity contribution >= 4 is 0 Å². The number of nitriles is 1. The summed E-state index contributed by atoms with van der Waals surface area (Å²) in [6, 6.07) is 9.61. The highest BCUT2D eigenvalue weighted by Crippen LogP contribution is 2.38. The Labute approximate surface area is 107 Å². The normalized spacial score (nSPS) is 17.6. The van der Waals surface area contributed by atoms with Gasteiger partial charge in [0.2, 0.25) is 0 Å². The minimum Gasteiger partial charge on any atom is -0.490 e. The van der Waals surface area contributed by atoms with E-state index in [1.807, 2.05) is 31.2 Å². The van der Waals surface area contributed by atoms with Crippen LogP contribution in [-0.2, 0) is 0 Å². The number of para-hydroxylation sites is 2. The third-order valence-corrected chi connectivity index (χ3v) is 3.13. The lowest BCUT2D eigenvalue weighted by atomic mass is 9.98. The average molecular weight is 246 g/mol. The number of benzene rings is 1. The molecule has 1 saturated carbocycles. The molecule has 0 bridgehead atoms. The molecule has 0 heterocycles. The van der Waals surface area contributed by atoms with Crippen molar-refractivity contribution in [3.8, 4) is 17.6 Å². The smallest absolute Gasteiger partial charge is 0.161 e. The van der Waals surface area contributed by atoms with Gasteiger partial charge >= 0.3 is 0 Å². The Kier molecular flexibility index (Phi) is 3.73. The molecule has 0 radical (unpaired) electrons. The molecular formula is C14H18N2O2. The van der Waals surface area contributed by atoms with Gasteiger partial charge in [0, 0.05) is 0 Å². The van der Waals surface area contributed by atoms with Gasteiger partial charge in [0.15, 0.2) is 11.5 Å². The van der Waals surface area contributed by atoms with E-state index < -0.39 is 5.54 Å².